The fourth-order valence-corrected chi connectivity index (χ4v) is 8.23. The normalized spacial score (nSPS) is 11.5. The van der Waals surface area contributed by atoms with Crippen LogP contribution in [-0.4, -0.2) is 15.0 Å². The SMILES string of the molecule is CCCCCCc1cc(C)c(CCCCCC)cc1C.Cc1cc(-c2nc(-c3ccc(C(C)(C)C)cc3)nc(-c3ccc(C(C)(C)C)cc3)n2)cc(C)c1C.Cc1cc(C)c(C)cc1C. The number of rotatable bonds is 13. The van der Waals surface area contributed by atoms with Gasteiger partial charge in [-0.15, -0.1) is 0 Å². The molecular weight excluding hydrogens is 787 g/mol. The van der Waals surface area contributed by atoms with Crippen LogP contribution >= 0.6 is 0 Å². The molecule has 0 spiro atoms. The summed E-state index contributed by atoms with van der Waals surface area (Å²) in [4.78, 5) is 14.8. The van der Waals surface area contributed by atoms with Crippen LogP contribution in [0.5, 0.6) is 0 Å². The molecular formula is C62H85N3. The minimum absolute atomic E-state index is 0.0969. The van der Waals surface area contributed by atoms with E-state index in [0.29, 0.717) is 17.5 Å². The highest BCUT2D eigenvalue weighted by Crippen LogP contribution is 2.31. The second kappa shape index (κ2) is 24.0. The summed E-state index contributed by atoms with van der Waals surface area (Å²) < 4.78 is 0. The lowest BCUT2D eigenvalue weighted by Crippen LogP contribution is -2.11. The van der Waals surface area contributed by atoms with Crippen LogP contribution < -0.4 is 0 Å². The summed E-state index contributed by atoms with van der Waals surface area (Å²) in [6.07, 6.45) is 13.4. The molecule has 0 amide bonds. The summed E-state index contributed by atoms with van der Waals surface area (Å²) in [6, 6.07) is 30.9. The van der Waals surface area contributed by atoms with Crippen molar-refractivity contribution in [2.24, 2.45) is 0 Å². The van der Waals surface area contributed by atoms with Gasteiger partial charge in [0, 0.05) is 16.7 Å². The summed E-state index contributed by atoms with van der Waals surface area (Å²) in [5.41, 5.74) is 21.3. The molecule has 1 aromatic heterocycles. The average molecular weight is 872 g/mol. The lowest BCUT2D eigenvalue weighted by atomic mass is 9.86. The molecule has 348 valence electrons. The van der Waals surface area contributed by atoms with Crippen molar-refractivity contribution >= 4 is 0 Å². The molecule has 3 heteroatoms. The number of hydrogen-bond acceptors (Lipinski definition) is 3. The van der Waals surface area contributed by atoms with Gasteiger partial charge in [-0.25, -0.2) is 15.0 Å². The van der Waals surface area contributed by atoms with Gasteiger partial charge in [0.25, 0.3) is 0 Å². The standard InChI is InChI=1S/C32H37N3.C20H34.C10H14/c1-20-18-25(19-21(2)22(20)3)30-34-28(23-10-14-26(15-11-23)31(4,5)6)33-29(35-30)24-12-16-27(17-13-24)32(7,8)9;1-5-7-9-11-13-19-15-18(4)20(16-17(19)3)14-12-10-8-6-2;1-7-5-9(3)10(4)6-8(7)2/h10-19H,1-9H3;15-16H,5-14H2,1-4H3;5-6H,1-4H3. The Morgan fingerprint density at radius 3 is 0.969 bits per heavy atom. The molecule has 5 aromatic carbocycles. The zero-order valence-corrected chi connectivity index (χ0v) is 44.0. The van der Waals surface area contributed by atoms with Crippen molar-refractivity contribution in [1.29, 1.82) is 0 Å². The minimum atomic E-state index is 0.0969. The van der Waals surface area contributed by atoms with Gasteiger partial charge in [-0.2, -0.15) is 0 Å². The summed E-state index contributed by atoms with van der Waals surface area (Å²) in [5, 5.41) is 0. The van der Waals surface area contributed by atoms with E-state index in [2.05, 4.69) is 203 Å². The first-order chi connectivity index (χ1) is 30.6. The summed E-state index contributed by atoms with van der Waals surface area (Å²) >= 11 is 0. The minimum Gasteiger partial charge on any atom is -0.208 e. The van der Waals surface area contributed by atoms with Crippen molar-refractivity contribution in [1.82, 2.24) is 15.0 Å². The second-order valence-corrected chi connectivity index (χ2v) is 21.0. The molecule has 0 unspecified atom stereocenters. The quantitative estimate of drug-likeness (QED) is 0.109. The Hall–Kier alpha value is -4.89. The number of nitrogens with zero attached hydrogens (tertiary/aromatic N) is 3. The maximum absolute atomic E-state index is 4.94. The van der Waals surface area contributed by atoms with Gasteiger partial charge in [-0.05, 0) is 183 Å². The van der Waals surface area contributed by atoms with Crippen LogP contribution in [0.2, 0.25) is 0 Å². The van der Waals surface area contributed by atoms with Crippen molar-refractivity contribution < 1.29 is 0 Å². The third kappa shape index (κ3) is 15.6. The Morgan fingerprint density at radius 2 is 0.662 bits per heavy atom. The molecule has 6 rings (SSSR count). The summed E-state index contributed by atoms with van der Waals surface area (Å²) in [5.74, 6) is 2.10. The molecule has 0 aliphatic carbocycles. The van der Waals surface area contributed by atoms with Gasteiger partial charge in [-0.3, -0.25) is 0 Å². The van der Waals surface area contributed by atoms with Gasteiger partial charge in [0.1, 0.15) is 0 Å². The predicted octanol–water partition coefficient (Wildman–Crippen LogP) is 17.9. The van der Waals surface area contributed by atoms with E-state index >= 15 is 0 Å². The van der Waals surface area contributed by atoms with Crippen LogP contribution in [0.25, 0.3) is 34.2 Å². The van der Waals surface area contributed by atoms with Gasteiger partial charge in [-0.1, -0.05) is 167 Å². The molecule has 6 aromatic rings. The van der Waals surface area contributed by atoms with Gasteiger partial charge in [0.2, 0.25) is 0 Å². The van der Waals surface area contributed by atoms with Gasteiger partial charge < -0.3 is 0 Å². The van der Waals surface area contributed by atoms with Crippen molar-refractivity contribution in [2.75, 3.05) is 0 Å². The monoisotopic (exact) mass is 872 g/mol. The number of aromatic nitrogens is 3. The Balaban J connectivity index is 0.000000257. The van der Waals surface area contributed by atoms with Crippen LogP contribution in [0.1, 0.15) is 179 Å². The second-order valence-electron chi connectivity index (χ2n) is 21.0. The van der Waals surface area contributed by atoms with Crippen molar-refractivity contribution in [3.8, 4) is 34.2 Å². The van der Waals surface area contributed by atoms with E-state index in [4.69, 9.17) is 15.0 Å². The molecule has 65 heavy (non-hydrogen) atoms. The van der Waals surface area contributed by atoms with Crippen LogP contribution in [0.15, 0.2) is 84.9 Å². The Morgan fingerprint density at radius 1 is 0.338 bits per heavy atom. The zero-order valence-electron chi connectivity index (χ0n) is 44.0. The smallest absolute Gasteiger partial charge is 0.164 e. The van der Waals surface area contributed by atoms with E-state index in [9.17, 15) is 0 Å². The molecule has 0 bridgehead atoms. The van der Waals surface area contributed by atoms with E-state index in [1.54, 1.807) is 11.1 Å². The number of hydrogen-bond donors (Lipinski definition) is 0. The first-order valence-corrected chi connectivity index (χ1v) is 24.8. The van der Waals surface area contributed by atoms with Gasteiger partial charge in [0.15, 0.2) is 17.5 Å². The molecule has 3 nitrogen and oxygen atoms in total. The maximum atomic E-state index is 4.94. The van der Waals surface area contributed by atoms with Crippen LogP contribution in [-0.2, 0) is 23.7 Å². The number of aryl methyl sites for hydroxylation is 10. The van der Waals surface area contributed by atoms with E-state index in [-0.39, 0.29) is 10.8 Å². The molecule has 0 atom stereocenters. The molecule has 0 fully saturated rings. The van der Waals surface area contributed by atoms with E-state index in [0.717, 1.165) is 16.7 Å². The van der Waals surface area contributed by atoms with Crippen LogP contribution in [0.4, 0.5) is 0 Å². The molecule has 0 saturated carbocycles. The van der Waals surface area contributed by atoms with E-state index < -0.39 is 0 Å². The first-order valence-electron chi connectivity index (χ1n) is 24.8. The lowest BCUT2D eigenvalue weighted by molar-refractivity contribution is 0.590. The van der Waals surface area contributed by atoms with Gasteiger partial charge >= 0.3 is 0 Å². The summed E-state index contributed by atoms with van der Waals surface area (Å²) in [7, 11) is 0. The summed E-state index contributed by atoms with van der Waals surface area (Å²) in [6.45, 7) is 37.6. The predicted molar refractivity (Wildman–Crippen MR) is 285 cm³/mol. The molecule has 0 aliphatic rings. The van der Waals surface area contributed by atoms with Crippen molar-refractivity contribution in [2.45, 2.75) is 193 Å². The maximum Gasteiger partial charge on any atom is 0.164 e. The molecule has 0 radical (unpaired) electrons. The van der Waals surface area contributed by atoms with Gasteiger partial charge in [0.05, 0.1) is 0 Å². The van der Waals surface area contributed by atoms with Crippen LogP contribution in [0.3, 0.4) is 0 Å². The largest absolute Gasteiger partial charge is 0.208 e. The first kappa shape index (κ1) is 52.7. The Bertz CT molecular complexity index is 2250. The highest BCUT2D eigenvalue weighted by Gasteiger charge is 2.18. The van der Waals surface area contributed by atoms with Crippen molar-refractivity contribution in [3.05, 3.63) is 157 Å². The Kier molecular flexibility index (Phi) is 19.5. The molecule has 0 N–H and O–H groups in total. The lowest BCUT2D eigenvalue weighted by Gasteiger charge is -2.19. The van der Waals surface area contributed by atoms with Crippen molar-refractivity contribution in [3.63, 3.8) is 0 Å². The Labute approximate surface area is 397 Å². The molecule has 0 saturated heterocycles. The zero-order chi connectivity index (χ0) is 48.1. The topological polar surface area (TPSA) is 38.7 Å². The highest BCUT2D eigenvalue weighted by molar-refractivity contribution is 5.68. The van der Waals surface area contributed by atoms with Crippen LogP contribution in [0, 0.1) is 62.3 Å². The third-order valence-electron chi connectivity index (χ3n) is 13.3. The average Bonchev–Trinajstić information content (AvgIpc) is 3.26. The fourth-order valence-electron chi connectivity index (χ4n) is 8.23. The van der Waals surface area contributed by atoms with E-state index in [1.807, 2.05) is 0 Å². The molecule has 0 aliphatic heterocycles. The fraction of sp³-hybridized carbons (Fsp3) is 0.468. The number of unbranched alkanes of at least 4 members (excludes halogenated alkanes) is 6. The highest BCUT2D eigenvalue weighted by atomic mass is 15.0. The number of benzene rings is 5. The van der Waals surface area contributed by atoms with E-state index in [1.165, 1.54) is 125 Å². The third-order valence-corrected chi connectivity index (χ3v) is 13.3. The molecule has 1 heterocycles.